The molecule has 10 heteroatoms. The summed E-state index contributed by atoms with van der Waals surface area (Å²) in [4.78, 5) is 40.2. The zero-order chi connectivity index (χ0) is 24.1. The van der Waals surface area contributed by atoms with Gasteiger partial charge in [0.2, 0.25) is 6.79 Å². The Bertz CT molecular complexity index is 755. The van der Waals surface area contributed by atoms with Crippen LogP contribution in [0.5, 0.6) is 11.5 Å². The van der Waals surface area contributed by atoms with Crippen LogP contribution in [0.4, 0.5) is 0 Å². The van der Waals surface area contributed by atoms with Crippen molar-refractivity contribution in [2.24, 2.45) is 0 Å². The van der Waals surface area contributed by atoms with Crippen molar-refractivity contribution in [2.75, 3.05) is 20.5 Å². The molecule has 3 atom stereocenters. The molecule has 1 N–H and O–H groups in total. The summed E-state index contributed by atoms with van der Waals surface area (Å²) in [6.07, 6.45) is 3.28. The second kappa shape index (κ2) is 14.2. The number of esters is 2. The maximum atomic E-state index is 12.7. The minimum atomic E-state index is -0.934. The zero-order valence-electron chi connectivity index (χ0n) is 19.6. The summed E-state index contributed by atoms with van der Waals surface area (Å²) >= 11 is 0. The Morgan fingerprint density at radius 2 is 1.91 bits per heavy atom. The van der Waals surface area contributed by atoms with E-state index in [1.165, 1.54) is 33.2 Å². The van der Waals surface area contributed by atoms with Crippen LogP contribution in [0.25, 0.3) is 0 Å². The number of nitrogens with zero attached hydrogens (tertiary/aromatic N) is 1. The summed E-state index contributed by atoms with van der Waals surface area (Å²) in [5, 5.41) is 2.54. The number of hydrogen-bond donors (Lipinski definition) is 1. The number of carbonyl (C=O) groups excluding carboxylic acids is 3. The Balaban J connectivity index is 2.76. The fourth-order valence-electron chi connectivity index (χ4n) is 2.74. The topological polar surface area (TPSA) is 122 Å². The number of rotatable bonds is 14. The van der Waals surface area contributed by atoms with E-state index in [1.807, 2.05) is 13.8 Å². The highest BCUT2D eigenvalue weighted by molar-refractivity contribution is 5.98. The van der Waals surface area contributed by atoms with Gasteiger partial charge in [0.25, 0.3) is 5.91 Å². The molecule has 0 aliphatic heterocycles. The highest BCUT2D eigenvalue weighted by Gasteiger charge is 2.25. The lowest BCUT2D eigenvalue weighted by atomic mass is 10.1. The van der Waals surface area contributed by atoms with Crippen molar-refractivity contribution in [2.45, 2.75) is 72.1 Å². The van der Waals surface area contributed by atoms with Crippen molar-refractivity contribution in [3.05, 3.63) is 18.0 Å². The van der Waals surface area contributed by atoms with E-state index in [0.29, 0.717) is 13.0 Å². The maximum absolute atomic E-state index is 12.7. The molecule has 1 aromatic rings. The van der Waals surface area contributed by atoms with Gasteiger partial charge in [0.1, 0.15) is 12.1 Å². The van der Waals surface area contributed by atoms with Crippen molar-refractivity contribution in [3.8, 4) is 11.5 Å². The van der Waals surface area contributed by atoms with Gasteiger partial charge in [-0.1, -0.05) is 13.8 Å². The third-order valence-corrected chi connectivity index (χ3v) is 4.40. The molecular weight excluding hydrogens is 420 g/mol. The average molecular weight is 455 g/mol. The Hall–Kier alpha value is -2.88. The molecule has 0 radical (unpaired) electrons. The standard InChI is InChI=1S/C22H34N2O8/c1-7-11-29-17(8-2)12-14(3)32-22(27)15(4)24-21(26)19-20(31-13-30-16(5)25)18(28-6)9-10-23-19/h9-10,14-15,17H,7-8,11-13H2,1-6H3,(H,24,26). The summed E-state index contributed by atoms with van der Waals surface area (Å²) in [5.41, 5.74) is -0.122. The summed E-state index contributed by atoms with van der Waals surface area (Å²) in [6.45, 7) is 8.80. The van der Waals surface area contributed by atoms with Crippen LogP contribution in [0, 0.1) is 0 Å². The van der Waals surface area contributed by atoms with Crippen LogP contribution in [-0.4, -0.2) is 61.6 Å². The second-order valence-electron chi connectivity index (χ2n) is 7.17. The number of nitrogens with one attached hydrogen (secondary N) is 1. The van der Waals surface area contributed by atoms with Gasteiger partial charge in [0.05, 0.1) is 13.2 Å². The number of methoxy groups -OCH3 is 1. The number of ether oxygens (including phenoxy) is 5. The molecule has 0 bridgehead atoms. The molecule has 0 aliphatic rings. The molecule has 0 aromatic carbocycles. The van der Waals surface area contributed by atoms with Crippen molar-refractivity contribution in [3.63, 3.8) is 0 Å². The molecular formula is C22H34N2O8. The number of pyridine rings is 1. The molecule has 1 aromatic heterocycles. The van der Waals surface area contributed by atoms with Gasteiger partial charge in [-0.25, -0.2) is 9.78 Å². The van der Waals surface area contributed by atoms with Gasteiger partial charge in [0.15, 0.2) is 17.2 Å². The first-order chi connectivity index (χ1) is 15.2. The second-order valence-corrected chi connectivity index (χ2v) is 7.17. The quantitative estimate of drug-likeness (QED) is 0.334. The van der Waals surface area contributed by atoms with E-state index in [0.717, 1.165) is 12.8 Å². The van der Waals surface area contributed by atoms with Gasteiger partial charge < -0.3 is 29.0 Å². The highest BCUT2D eigenvalue weighted by atomic mass is 16.7. The SMILES string of the molecule is CCCOC(CC)CC(C)OC(=O)C(C)NC(=O)c1nccc(OC)c1OCOC(C)=O. The summed E-state index contributed by atoms with van der Waals surface area (Å²) in [7, 11) is 1.39. The van der Waals surface area contributed by atoms with Crippen LogP contribution in [0.2, 0.25) is 0 Å². The molecule has 1 amide bonds. The summed E-state index contributed by atoms with van der Waals surface area (Å²) < 4.78 is 26.5. The van der Waals surface area contributed by atoms with Crippen LogP contribution in [0.3, 0.4) is 0 Å². The van der Waals surface area contributed by atoms with E-state index in [2.05, 4.69) is 10.3 Å². The summed E-state index contributed by atoms with van der Waals surface area (Å²) in [5.74, 6) is -1.59. The van der Waals surface area contributed by atoms with Crippen LogP contribution < -0.4 is 14.8 Å². The minimum Gasteiger partial charge on any atom is -0.493 e. The lowest BCUT2D eigenvalue weighted by Gasteiger charge is -2.22. The molecule has 0 fully saturated rings. The Morgan fingerprint density at radius 3 is 2.50 bits per heavy atom. The van der Waals surface area contributed by atoms with E-state index < -0.39 is 30.7 Å². The fourth-order valence-corrected chi connectivity index (χ4v) is 2.74. The molecule has 1 heterocycles. The van der Waals surface area contributed by atoms with Gasteiger partial charge in [-0.3, -0.25) is 9.59 Å². The maximum Gasteiger partial charge on any atom is 0.328 e. The molecule has 0 saturated heterocycles. The first-order valence-electron chi connectivity index (χ1n) is 10.6. The normalized spacial score (nSPS) is 13.4. The fraction of sp³-hybridized carbons (Fsp3) is 0.636. The zero-order valence-corrected chi connectivity index (χ0v) is 19.6. The summed E-state index contributed by atoms with van der Waals surface area (Å²) in [6, 6.07) is 0.556. The molecule has 0 saturated carbocycles. The van der Waals surface area contributed by atoms with E-state index in [9.17, 15) is 14.4 Å². The van der Waals surface area contributed by atoms with Crippen LogP contribution in [0.1, 0.15) is 64.4 Å². The average Bonchev–Trinajstić information content (AvgIpc) is 2.76. The Labute approximate surface area is 188 Å². The molecule has 0 aliphatic carbocycles. The molecule has 32 heavy (non-hydrogen) atoms. The third kappa shape index (κ3) is 9.09. The van der Waals surface area contributed by atoms with Crippen LogP contribution >= 0.6 is 0 Å². The lowest BCUT2D eigenvalue weighted by Crippen LogP contribution is -2.41. The predicted octanol–water partition coefficient (Wildman–Crippen LogP) is 2.63. The number of carbonyl (C=O) groups is 3. The monoisotopic (exact) mass is 454 g/mol. The van der Waals surface area contributed by atoms with Crippen molar-refractivity contribution < 1.29 is 38.1 Å². The van der Waals surface area contributed by atoms with Gasteiger partial charge >= 0.3 is 11.9 Å². The van der Waals surface area contributed by atoms with E-state index in [4.69, 9.17) is 23.7 Å². The van der Waals surface area contributed by atoms with Gasteiger partial charge in [-0.05, 0) is 26.7 Å². The highest BCUT2D eigenvalue weighted by Crippen LogP contribution is 2.29. The minimum absolute atomic E-state index is 0.000518. The smallest absolute Gasteiger partial charge is 0.328 e. The van der Waals surface area contributed by atoms with Crippen LogP contribution in [0.15, 0.2) is 12.3 Å². The molecule has 180 valence electrons. The first kappa shape index (κ1) is 27.2. The Morgan fingerprint density at radius 1 is 1.19 bits per heavy atom. The van der Waals surface area contributed by atoms with Crippen LogP contribution in [-0.2, 0) is 23.8 Å². The van der Waals surface area contributed by atoms with Crippen molar-refractivity contribution in [1.82, 2.24) is 10.3 Å². The molecule has 10 nitrogen and oxygen atoms in total. The third-order valence-electron chi connectivity index (χ3n) is 4.40. The largest absolute Gasteiger partial charge is 0.493 e. The van der Waals surface area contributed by atoms with E-state index >= 15 is 0 Å². The van der Waals surface area contributed by atoms with Crippen molar-refractivity contribution >= 4 is 17.8 Å². The van der Waals surface area contributed by atoms with Gasteiger partial charge in [-0.2, -0.15) is 0 Å². The Kier molecular flexibility index (Phi) is 12.1. The lowest BCUT2D eigenvalue weighted by molar-refractivity contribution is -0.152. The molecule has 0 spiro atoms. The van der Waals surface area contributed by atoms with E-state index in [-0.39, 0.29) is 29.4 Å². The number of aromatic nitrogens is 1. The van der Waals surface area contributed by atoms with Crippen molar-refractivity contribution in [1.29, 1.82) is 0 Å². The molecule has 3 unspecified atom stereocenters. The molecule has 1 rings (SSSR count). The van der Waals surface area contributed by atoms with Gasteiger partial charge in [-0.15, -0.1) is 0 Å². The van der Waals surface area contributed by atoms with Gasteiger partial charge in [0, 0.05) is 32.2 Å². The number of hydrogen-bond acceptors (Lipinski definition) is 9. The first-order valence-corrected chi connectivity index (χ1v) is 10.6. The number of amides is 1. The predicted molar refractivity (Wildman–Crippen MR) is 115 cm³/mol. The van der Waals surface area contributed by atoms with E-state index in [1.54, 1.807) is 6.92 Å².